The largest absolute Gasteiger partial charge is 0.421 e. The van der Waals surface area contributed by atoms with Gasteiger partial charge in [0, 0.05) is 19.6 Å². The van der Waals surface area contributed by atoms with E-state index in [-0.39, 0.29) is 23.2 Å². The summed E-state index contributed by atoms with van der Waals surface area (Å²) in [7, 11) is 1.69. The Morgan fingerprint density at radius 1 is 1.16 bits per heavy atom. The molecule has 2 N–H and O–H groups in total. The van der Waals surface area contributed by atoms with Crippen molar-refractivity contribution in [2.75, 3.05) is 6.54 Å². The fourth-order valence-electron chi connectivity index (χ4n) is 4.55. The molecule has 8 nitrogen and oxygen atoms in total. The van der Waals surface area contributed by atoms with E-state index in [1.807, 2.05) is 6.92 Å². The molecule has 12 heteroatoms. The van der Waals surface area contributed by atoms with Crippen LogP contribution in [-0.4, -0.2) is 59.5 Å². The molecular formula is C25H30F3N5O3S. The minimum absolute atomic E-state index is 0.0347. The number of hydrogen-bond acceptors (Lipinski definition) is 7. The van der Waals surface area contributed by atoms with Crippen LogP contribution in [0.4, 0.5) is 13.2 Å². The molecule has 1 saturated heterocycles. The SMILES string of the molecule is Cc1cc(C(C)(O)C(F)(F)F)ccc1-c1sc(-c2nnc(C(C)(C)O)n2C)nc1C(=O)N1CCC[C@@H]1C. The summed E-state index contributed by atoms with van der Waals surface area (Å²) in [5.41, 5.74) is -3.41. The van der Waals surface area contributed by atoms with Gasteiger partial charge in [-0.15, -0.1) is 21.5 Å². The summed E-state index contributed by atoms with van der Waals surface area (Å²) < 4.78 is 41.9. The second kappa shape index (κ2) is 9.17. The summed E-state index contributed by atoms with van der Waals surface area (Å²) in [6.07, 6.45) is -3.11. The van der Waals surface area contributed by atoms with Gasteiger partial charge in [-0.3, -0.25) is 4.79 Å². The van der Waals surface area contributed by atoms with E-state index in [0.29, 0.717) is 46.1 Å². The molecule has 0 bridgehead atoms. The number of alkyl halides is 3. The molecule has 37 heavy (non-hydrogen) atoms. The van der Waals surface area contributed by atoms with Crippen LogP contribution >= 0.6 is 11.3 Å². The first-order chi connectivity index (χ1) is 17.0. The summed E-state index contributed by atoms with van der Waals surface area (Å²) in [4.78, 5) is 20.5. The number of aryl methyl sites for hydroxylation is 1. The van der Waals surface area contributed by atoms with Crippen molar-refractivity contribution in [2.45, 2.75) is 70.9 Å². The molecular weight excluding hydrogens is 507 g/mol. The summed E-state index contributed by atoms with van der Waals surface area (Å²) in [5.74, 6) is 0.402. The zero-order valence-corrected chi connectivity index (χ0v) is 22.3. The van der Waals surface area contributed by atoms with E-state index in [0.717, 1.165) is 12.8 Å². The smallest absolute Gasteiger partial charge is 0.382 e. The average Bonchev–Trinajstić information content (AvgIpc) is 3.50. The Balaban J connectivity index is 1.86. The normalized spacial score (nSPS) is 18.4. The second-order valence-electron chi connectivity index (χ2n) is 10.3. The number of carbonyl (C=O) groups is 1. The molecule has 1 aliphatic rings. The Hall–Kier alpha value is -2.83. The fraction of sp³-hybridized carbons (Fsp3) is 0.520. The minimum atomic E-state index is -4.85. The molecule has 0 aliphatic carbocycles. The van der Waals surface area contributed by atoms with E-state index >= 15 is 0 Å². The van der Waals surface area contributed by atoms with Crippen molar-refractivity contribution < 1.29 is 28.2 Å². The van der Waals surface area contributed by atoms with Crippen LogP contribution in [0.1, 0.15) is 68.0 Å². The van der Waals surface area contributed by atoms with Crippen molar-refractivity contribution in [1.82, 2.24) is 24.6 Å². The highest BCUT2D eigenvalue weighted by molar-refractivity contribution is 7.18. The number of hydrogen-bond donors (Lipinski definition) is 2. The maximum absolute atomic E-state index is 13.6. The van der Waals surface area contributed by atoms with Crippen molar-refractivity contribution in [3.05, 3.63) is 40.8 Å². The van der Waals surface area contributed by atoms with Crippen molar-refractivity contribution in [1.29, 1.82) is 0 Å². The van der Waals surface area contributed by atoms with Gasteiger partial charge in [0.1, 0.15) is 11.3 Å². The predicted octanol–water partition coefficient (Wildman–Crippen LogP) is 4.54. The van der Waals surface area contributed by atoms with Gasteiger partial charge in [-0.25, -0.2) is 4.98 Å². The van der Waals surface area contributed by atoms with E-state index in [2.05, 4.69) is 15.2 Å². The average molecular weight is 538 g/mol. The van der Waals surface area contributed by atoms with Gasteiger partial charge in [0.25, 0.3) is 5.91 Å². The lowest BCUT2D eigenvalue weighted by atomic mass is 9.91. The van der Waals surface area contributed by atoms with E-state index < -0.39 is 17.4 Å². The number of carbonyl (C=O) groups excluding carboxylic acids is 1. The molecule has 2 atom stereocenters. The highest BCUT2D eigenvalue weighted by Crippen LogP contribution is 2.42. The highest BCUT2D eigenvalue weighted by atomic mass is 32.1. The lowest BCUT2D eigenvalue weighted by molar-refractivity contribution is -0.258. The third kappa shape index (κ3) is 4.77. The Labute approximate surface area is 216 Å². The lowest BCUT2D eigenvalue weighted by Crippen LogP contribution is -2.39. The van der Waals surface area contributed by atoms with Crippen molar-refractivity contribution in [3.63, 3.8) is 0 Å². The number of likely N-dealkylation sites (tertiary alicyclic amines) is 1. The van der Waals surface area contributed by atoms with E-state index in [1.165, 1.54) is 29.5 Å². The summed E-state index contributed by atoms with van der Waals surface area (Å²) >= 11 is 1.18. The van der Waals surface area contributed by atoms with Gasteiger partial charge < -0.3 is 19.7 Å². The lowest BCUT2D eigenvalue weighted by Gasteiger charge is -2.27. The molecule has 0 radical (unpaired) electrons. The number of aromatic nitrogens is 4. The monoisotopic (exact) mass is 537 g/mol. The van der Waals surface area contributed by atoms with E-state index in [9.17, 15) is 28.2 Å². The predicted molar refractivity (Wildman–Crippen MR) is 133 cm³/mol. The van der Waals surface area contributed by atoms with Crippen LogP contribution in [0.2, 0.25) is 0 Å². The minimum Gasteiger partial charge on any atom is -0.382 e. The third-order valence-corrected chi connectivity index (χ3v) is 7.93. The molecule has 1 aromatic carbocycles. The van der Waals surface area contributed by atoms with Crippen molar-refractivity contribution >= 4 is 17.2 Å². The molecule has 3 aromatic rings. The maximum atomic E-state index is 13.6. The fourth-order valence-corrected chi connectivity index (χ4v) is 5.72. The Bertz CT molecular complexity index is 1340. The molecule has 0 spiro atoms. The van der Waals surface area contributed by atoms with Crippen LogP contribution in [-0.2, 0) is 18.2 Å². The summed E-state index contributed by atoms with van der Waals surface area (Å²) in [5, 5.41) is 29.2. The zero-order valence-electron chi connectivity index (χ0n) is 21.5. The second-order valence-corrected chi connectivity index (χ2v) is 11.3. The first-order valence-electron chi connectivity index (χ1n) is 11.9. The van der Waals surface area contributed by atoms with Crippen LogP contribution in [0.15, 0.2) is 18.2 Å². The summed E-state index contributed by atoms with van der Waals surface area (Å²) in [6.45, 7) is 8.06. The maximum Gasteiger partial charge on any atom is 0.421 e. The van der Waals surface area contributed by atoms with Gasteiger partial charge in [-0.2, -0.15) is 13.2 Å². The number of nitrogens with zero attached hydrogens (tertiary/aromatic N) is 5. The van der Waals surface area contributed by atoms with E-state index in [4.69, 9.17) is 0 Å². The number of halogens is 3. The first kappa shape index (κ1) is 27.2. The van der Waals surface area contributed by atoms with Crippen molar-refractivity contribution in [2.24, 2.45) is 7.05 Å². The molecule has 1 unspecified atom stereocenters. The molecule has 3 heterocycles. The van der Waals surface area contributed by atoms with Crippen LogP contribution < -0.4 is 0 Å². The molecule has 200 valence electrons. The van der Waals surface area contributed by atoms with Gasteiger partial charge in [0.05, 0.1) is 4.88 Å². The Morgan fingerprint density at radius 2 is 1.84 bits per heavy atom. The Morgan fingerprint density at radius 3 is 2.35 bits per heavy atom. The van der Waals surface area contributed by atoms with Gasteiger partial charge in [0.15, 0.2) is 22.3 Å². The molecule has 1 fully saturated rings. The Kier molecular flexibility index (Phi) is 6.75. The number of thiazole rings is 1. The molecule has 2 aromatic heterocycles. The number of rotatable bonds is 5. The molecule has 1 amide bonds. The van der Waals surface area contributed by atoms with E-state index in [1.54, 1.807) is 37.3 Å². The van der Waals surface area contributed by atoms with Gasteiger partial charge in [-0.1, -0.05) is 18.2 Å². The van der Waals surface area contributed by atoms with Gasteiger partial charge in [-0.05, 0) is 64.2 Å². The first-order valence-corrected chi connectivity index (χ1v) is 12.7. The molecule has 1 aliphatic heterocycles. The zero-order chi connectivity index (χ0) is 27.5. The number of aliphatic hydroxyl groups is 2. The molecule has 0 saturated carbocycles. The van der Waals surface area contributed by atoms with Crippen LogP contribution in [0.3, 0.4) is 0 Å². The third-order valence-electron chi connectivity index (χ3n) is 6.84. The highest BCUT2D eigenvalue weighted by Gasteiger charge is 2.51. The summed E-state index contributed by atoms with van der Waals surface area (Å²) in [6, 6.07) is 4.01. The standard InChI is InChI=1S/C25H30F3N5O3S/c1-13-12-15(24(5,36)25(26,27)28)9-10-16(13)18-17(21(34)33-11-7-8-14(33)2)29-20(37-18)19-30-31-22(32(19)6)23(3,4)35/h9-10,12,14,35-36H,7-8,11H2,1-6H3/t14-,24?/m0/s1. The van der Waals surface area contributed by atoms with Crippen molar-refractivity contribution in [3.8, 4) is 21.3 Å². The number of benzene rings is 1. The van der Waals surface area contributed by atoms with Crippen LogP contribution in [0, 0.1) is 6.92 Å². The molecule has 4 rings (SSSR count). The van der Waals surface area contributed by atoms with Crippen LogP contribution in [0.25, 0.3) is 21.3 Å². The van der Waals surface area contributed by atoms with Gasteiger partial charge >= 0.3 is 6.18 Å². The number of amides is 1. The van der Waals surface area contributed by atoms with Crippen LogP contribution in [0.5, 0.6) is 0 Å². The quantitative estimate of drug-likeness (QED) is 0.496. The topological polar surface area (TPSA) is 104 Å². The van der Waals surface area contributed by atoms with Gasteiger partial charge in [0.2, 0.25) is 0 Å².